The number of carbonyl (C=O) groups is 10. The SMILES string of the molecule is CCCC(N)C(O)C(=O)NCC(=O)N[C@H](C(=O)N(C)C)c1ccccc1.CCCC(NC(=O)[C@@H]1CC(=O)CN1C)C(O)C(=O)NCC(=O)N[C@H](C(=O)N(C)C)c1ccccc1.CN1CC(=O)CC1C(=O)O.Cl. The third-order valence-corrected chi connectivity index (χ3v) is 11.3. The van der Waals surface area contributed by atoms with Crippen LogP contribution < -0.4 is 32.3 Å². The molecule has 7 amide bonds. The molecule has 4 rings (SSSR count). The number of ketones is 2. The molecule has 2 aliphatic rings. The molecule has 5 unspecified atom stereocenters. The maximum atomic E-state index is 12.6. The van der Waals surface area contributed by atoms with Crippen molar-refractivity contribution in [2.75, 3.05) is 68.5 Å². The molecule has 2 saturated heterocycles. The molecular weight excluding hydrogens is 960 g/mol. The van der Waals surface area contributed by atoms with E-state index in [2.05, 4.69) is 26.6 Å². The van der Waals surface area contributed by atoms with Crippen molar-refractivity contribution in [2.24, 2.45) is 5.73 Å². The Kier molecular flexibility index (Phi) is 28.2. The van der Waals surface area contributed by atoms with Gasteiger partial charge in [-0.25, -0.2) is 0 Å². The molecule has 10 N–H and O–H groups in total. The van der Waals surface area contributed by atoms with E-state index in [1.54, 1.807) is 107 Å². The average Bonchev–Trinajstić information content (AvgIpc) is 3.88. The highest BCUT2D eigenvalue weighted by molar-refractivity contribution is 5.95. The zero-order valence-corrected chi connectivity index (χ0v) is 43.0. The second-order valence-electron chi connectivity index (χ2n) is 17.7. The zero-order valence-electron chi connectivity index (χ0n) is 42.2. The number of hydrogen-bond donors (Lipinski definition) is 9. The summed E-state index contributed by atoms with van der Waals surface area (Å²) in [6.45, 7) is 3.36. The Labute approximate surface area is 426 Å². The molecule has 0 bridgehead atoms. The molecule has 0 radical (unpaired) electrons. The predicted octanol–water partition coefficient (Wildman–Crippen LogP) is -1.73. The summed E-state index contributed by atoms with van der Waals surface area (Å²) in [4.78, 5) is 125. The number of hydrogen-bond acceptors (Lipinski definition) is 15. The number of carboxylic acid groups (broad SMARTS) is 1. The van der Waals surface area contributed by atoms with Gasteiger partial charge in [-0.15, -0.1) is 12.4 Å². The first-order valence-electron chi connectivity index (χ1n) is 23.2. The van der Waals surface area contributed by atoms with Gasteiger partial charge in [0.25, 0.3) is 11.8 Å². The summed E-state index contributed by atoms with van der Waals surface area (Å²) < 4.78 is 0. The number of aliphatic hydroxyl groups is 2. The van der Waals surface area contributed by atoms with E-state index in [9.17, 15) is 58.2 Å². The number of carboxylic acids is 1. The van der Waals surface area contributed by atoms with E-state index in [1.807, 2.05) is 19.9 Å². The minimum absolute atomic E-state index is 0. The molecule has 2 aromatic rings. The number of likely N-dealkylation sites (N-methyl/N-ethyl adjacent to an activating group) is 4. The van der Waals surface area contributed by atoms with Crippen LogP contribution in [0.2, 0.25) is 0 Å². The monoisotopic (exact) mass is 1030 g/mol. The number of halogens is 1. The van der Waals surface area contributed by atoms with Crippen molar-refractivity contribution in [3.05, 3.63) is 71.8 Å². The Balaban J connectivity index is 0.000000612. The van der Waals surface area contributed by atoms with E-state index in [4.69, 9.17) is 10.8 Å². The van der Waals surface area contributed by atoms with Crippen LogP contribution >= 0.6 is 12.4 Å². The number of nitrogens with two attached hydrogens (primary N) is 1. The molecule has 0 aromatic heterocycles. The smallest absolute Gasteiger partial charge is 0.321 e. The molecule has 2 fully saturated rings. The van der Waals surface area contributed by atoms with Crippen LogP contribution in [0.5, 0.6) is 0 Å². The largest absolute Gasteiger partial charge is 0.480 e. The highest BCUT2D eigenvalue weighted by atomic mass is 35.5. The molecule has 8 atom stereocenters. The Bertz CT molecular complexity index is 2140. The third kappa shape index (κ3) is 20.8. The maximum Gasteiger partial charge on any atom is 0.321 e. The first-order valence-corrected chi connectivity index (χ1v) is 23.2. The Morgan fingerprint density at radius 2 is 1.03 bits per heavy atom. The average molecular weight is 1030 g/mol. The van der Waals surface area contributed by atoms with Gasteiger partial charge in [-0.3, -0.25) is 57.7 Å². The molecule has 0 spiro atoms. The molecular formula is C48H73ClN10O13. The van der Waals surface area contributed by atoms with Gasteiger partial charge < -0.3 is 57.4 Å². The number of rotatable bonds is 21. The van der Waals surface area contributed by atoms with Crippen LogP contribution in [0.3, 0.4) is 0 Å². The quantitative estimate of drug-likeness (QED) is 0.0671. The van der Waals surface area contributed by atoms with Gasteiger partial charge in [-0.2, -0.15) is 0 Å². The lowest BCUT2D eigenvalue weighted by atomic mass is 10.0. The van der Waals surface area contributed by atoms with Crippen LogP contribution in [0.4, 0.5) is 0 Å². The summed E-state index contributed by atoms with van der Waals surface area (Å²) in [5.41, 5.74) is 6.93. The normalized spacial score (nSPS) is 17.8. The van der Waals surface area contributed by atoms with E-state index in [0.717, 1.165) is 6.42 Å². The molecule has 2 aromatic carbocycles. The molecule has 0 aliphatic carbocycles. The summed E-state index contributed by atoms with van der Waals surface area (Å²) in [6, 6.07) is 12.9. The highest BCUT2D eigenvalue weighted by Gasteiger charge is 2.37. The van der Waals surface area contributed by atoms with Gasteiger partial charge in [0.1, 0.15) is 35.8 Å². The molecule has 23 nitrogen and oxygen atoms in total. The first kappa shape index (κ1) is 63.6. The lowest BCUT2D eigenvalue weighted by Gasteiger charge is -2.26. The fourth-order valence-electron chi connectivity index (χ4n) is 7.34. The Morgan fingerprint density at radius 3 is 1.36 bits per heavy atom. The van der Waals surface area contributed by atoms with Crippen molar-refractivity contribution >= 4 is 71.3 Å². The van der Waals surface area contributed by atoms with E-state index in [-0.39, 0.29) is 68.3 Å². The summed E-state index contributed by atoms with van der Waals surface area (Å²) in [5.74, 6) is -4.71. The minimum Gasteiger partial charge on any atom is -0.480 e. The number of likely N-dealkylation sites (tertiary alicyclic amines) is 2. The van der Waals surface area contributed by atoms with Gasteiger partial charge in [0.15, 0.2) is 6.10 Å². The van der Waals surface area contributed by atoms with Gasteiger partial charge in [0.05, 0.1) is 38.3 Å². The second-order valence-corrected chi connectivity index (χ2v) is 17.7. The highest BCUT2D eigenvalue weighted by Crippen LogP contribution is 2.17. The van der Waals surface area contributed by atoms with Crippen LogP contribution in [0.1, 0.15) is 75.6 Å². The topological polar surface area (TPSA) is 331 Å². The van der Waals surface area contributed by atoms with Gasteiger partial charge in [0.2, 0.25) is 29.5 Å². The third-order valence-electron chi connectivity index (χ3n) is 11.3. The molecule has 72 heavy (non-hydrogen) atoms. The summed E-state index contributed by atoms with van der Waals surface area (Å²) >= 11 is 0. The van der Waals surface area contributed by atoms with Crippen molar-refractivity contribution in [3.63, 3.8) is 0 Å². The lowest BCUT2D eigenvalue weighted by Crippen LogP contribution is -2.55. The minimum atomic E-state index is -1.59. The first-order chi connectivity index (χ1) is 33.4. The van der Waals surface area contributed by atoms with Crippen LogP contribution in [-0.2, 0) is 47.9 Å². The fraction of sp³-hybridized carbons (Fsp3) is 0.542. The molecule has 24 heteroatoms. The van der Waals surface area contributed by atoms with E-state index in [1.165, 1.54) is 9.80 Å². The van der Waals surface area contributed by atoms with Crippen molar-refractivity contribution < 1.29 is 63.3 Å². The maximum absolute atomic E-state index is 12.6. The van der Waals surface area contributed by atoms with Crippen molar-refractivity contribution in [2.45, 2.75) is 101 Å². The standard InChI is InChI=1S/C24H35N5O6.C18H28N4O4.C6H9NO3.ClH/c1-5-9-17(26-22(33)18-12-16(30)14-29(18)4)21(32)23(34)25-13-19(31)27-20(24(35)28(2)3)15-10-7-6-8-11-15;1-4-8-13(19)16(24)17(25)20-11-14(23)21-15(18(26)22(2)3)12-9-6-5-7-10-12;1-7-3-4(8)2-5(7)6(9)10;/h6-8,10-11,17-18,20-21,32H,5,9,12-14H2,1-4H3,(H,25,34)(H,26,33)(H,27,31);5-7,9-10,13,15-16,24H,4,8,11,19H2,1-3H3,(H,20,25)(H,21,23);5H,2-3H2,1H3,(H,9,10);1H/t17?,18-,20-,21?;13?,15-,16?;;/m00../s1. The number of amides is 7. The molecule has 2 heterocycles. The van der Waals surface area contributed by atoms with E-state index >= 15 is 0 Å². The number of aliphatic carboxylic acids is 1. The molecule has 400 valence electrons. The van der Waals surface area contributed by atoms with Crippen molar-refractivity contribution in [1.29, 1.82) is 0 Å². The number of nitrogens with one attached hydrogen (secondary N) is 5. The summed E-state index contributed by atoms with van der Waals surface area (Å²) in [5, 5.41) is 41.5. The Morgan fingerprint density at radius 1 is 0.639 bits per heavy atom. The lowest BCUT2D eigenvalue weighted by molar-refractivity contribution is -0.142. The number of Topliss-reactive ketones (excluding diaryl/α,β-unsaturated/α-hetero) is 2. The van der Waals surface area contributed by atoms with Crippen LogP contribution in [0.15, 0.2) is 60.7 Å². The number of carbonyl (C=O) groups excluding carboxylic acids is 9. The fourth-order valence-corrected chi connectivity index (χ4v) is 7.34. The van der Waals surface area contributed by atoms with Crippen LogP contribution in [-0.4, -0.2) is 199 Å². The number of benzene rings is 2. The van der Waals surface area contributed by atoms with Crippen LogP contribution in [0.25, 0.3) is 0 Å². The molecule has 2 aliphatic heterocycles. The predicted molar refractivity (Wildman–Crippen MR) is 267 cm³/mol. The van der Waals surface area contributed by atoms with Crippen molar-refractivity contribution in [1.82, 2.24) is 46.2 Å². The van der Waals surface area contributed by atoms with Crippen molar-refractivity contribution in [3.8, 4) is 0 Å². The number of nitrogens with zero attached hydrogens (tertiary/aromatic N) is 4. The van der Waals surface area contributed by atoms with Gasteiger partial charge in [-0.1, -0.05) is 87.4 Å². The van der Waals surface area contributed by atoms with Gasteiger partial charge in [0, 0.05) is 47.1 Å². The van der Waals surface area contributed by atoms with E-state index < -0.39 is 90.5 Å². The number of aliphatic hydroxyl groups excluding tert-OH is 2. The molecule has 0 saturated carbocycles. The summed E-state index contributed by atoms with van der Waals surface area (Å²) in [6.07, 6.45) is -0.598. The van der Waals surface area contributed by atoms with Crippen LogP contribution in [0, 0.1) is 0 Å². The van der Waals surface area contributed by atoms with Gasteiger partial charge in [-0.05, 0) is 38.1 Å². The van der Waals surface area contributed by atoms with Gasteiger partial charge >= 0.3 is 5.97 Å². The van der Waals surface area contributed by atoms with E-state index in [0.29, 0.717) is 30.4 Å². The second kappa shape index (κ2) is 31.9. The zero-order chi connectivity index (χ0) is 53.5. The summed E-state index contributed by atoms with van der Waals surface area (Å²) in [7, 11) is 9.64. The Hall–Kier alpha value is -6.37.